The number of aryl methyl sites for hydroxylation is 1. The third-order valence-corrected chi connectivity index (χ3v) is 9.94. The molecule has 1 atom stereocenters. The first-order valence-corrected chi connectivity index (χ1v) is 14.4. The van der Waals surface area contributed by atoms with Gasteiger partial charge in [0.25, 0.3) is 0 Å². The molecule has 1 N–H and O–H groups in total. The number of hydrogen-bond donors (Lipinski definition) is 1. The maximum atomic E-state index is 13.4. The number of nitrogens with one attached hydrogen (secondary N) is 1. The number of carbonyl (C=O) groups is 2. The second-order valence-corrected chi connectivity index (χ2v) is 13.0. The summed E-state index contributed by atoms with van der Waals surface area (Å²) in [5, 5.41) is 2.93. The highest BCUT2D eigenvalue weighted by Crippen LogP contribution is 2.40. The quantitative estimate of drug-likeness (QED) is 0.630. The number of amides is 2. The monoisotopic (exact) mass is 515 g/mol. The number of nitrogens with zero attached hydrogens (tertiary/aromatic N) is 2. The lowest BCUT2D eigenvalue weighted by molar-refractivity contribution is -0.121. The zero-order chi connectivity index (χ0) is 25.3. The molecule has 2 heterocycles. The average molecular weight is 516 g/mol. The molecule has 0 saturated carbocycles. The molecule has 2 aromatic rings. The van der Waals surface area contributed by atoms with E-state index >= 15 is 0 Å². The molecule has 0 spiro atoms. The van der Waals surface area contributed by atoms with Gasteiger partial charge in [-0.25, -0.2) is 8.42 Å². The molecule has 2 amide bonds. The fourth-order valence-corrected chi connectivity index (χ4v) is 7.07. The Labute approximate surface area is 212 Å². The van der Waals surface area contributed by atoms with Crippen molar-refractivity contribution in [2.75, 3.05) is 29.9 Å². The van der Waals surface area contributed by atoms with Gasteiger partial charge in [0, 0.05) is 35.3 Å². The molecule has 0 radical (unpaired) electrons. The van der Waals surface area contributed by atoms with Gasteiger partial charge in [-0.1, -0.05) is 26.0 Å². The van der Waals surface area contributed by atoms with E-state index in [9.17, 15) is 18.0 Å². The molecule has 9 heteroatoms. The number of thioether (sulfide) groups is 1. The number of anilines is 2. The number of sulfonamides is 1. The molecule has 2 aromatic carbocycles. The minimum absolute atomic E-state index is 0.0133. The first-order chi connectivity index (χ1) is 16.6. The maximum absolute atomic E-state index is 13.4. The third kappa shape index (κ3) is 5.57. The molecule has 0 aromatic heterocycles. The summed E-state index contributed by atoms with van der Waals surface area (Å²) in [7, 11) is -3.69. The van der Waals surface area contributed by atoms with Crippen molar-refractivity contribution in [1.29, 1.82) is 0 Å². The van der Waals surface area contributed by atoms with Crippen LogP contribution in [-0.4, -0.2) is 49.4 Å². The van der Waals surface area contributed by atoms with Gasteiger partial charge in [0.05, 0.1) is 10.6 Å². The van der Waals surface area contributed by atoms with Crippen molar-refractivity contribution in [1.82, 2.24) is 4.31 Å². The van der Waals surface area contributed by atoms with E-state index in [1.807, 2.05) is 39.0 Å². The van der Waals surface area contributed by atoms with Gasteiger partial charge in [0.2, 0.25) is 21.8 Å². The number of rotatable bonds is 5. The highest BCUT2D eigenvalue weighted by atomic mass is 32.2. The minimum Gasteiger partial charge on any atom is -0.324 e. The van der Waals surface area contributed by atoms with Crippen LogP contribution in [0.1, 0.15) is 44.2 Å². The molecule has 4 rings (SSSR count). The van der Waals surface area contributed by atoms with Crippen LogP contribution in [0.2, 0.25) is 0 Å². The minimum atomic E-state index is -3.69. The van der Waals surface area contributed by atoms with E-state index in [4.69, 9.17) is 0 Å². The van der Waals surface area contributed by atoms with Crippen molar-refractivity contribution in [3.63, 3.8) is 0 Å². The molecular weight excluding hydrogens is 482 g/mol. The van der Waals surface area contributed by atoms with Crippen LogP contribution >= 0.6 is 11.8 Å². The molecule has 0 aliphatic carbocycles. The Kier molecular flexibility index (Phi) is 7.59. The summed E-state index contributed by atoms with van der Waals surface area (Å²) >= 11 is 1.53. The van der Waals surface area contributed by atoms with Gasteiger partial charge in [-0.05, 0) is 68.0 Å². The van der Waals surface area contributed by atoms with Gasteiger partial charge >= 0.3 is 0 Å². The number of benzene rings is 2. The van der Waals surface area contributed by atoms with E-state index < -0.39 is 10.0 Å². The zero-order valence-electron chi connectivity index (χ0n) is 20.7. The number of carbonyl (C=O) groups excluding carboxylic acids is 2. The summed E-state index contributed by atoms with van der Waals surface area (Å²) < 4.78 is 28.3. The summed E-state index contributed by atoms with van der Waals surface area (Å²) in [6.07, 6.45) is 1.93. The lowest BCUT2D eigenvalue weighted by atomic mass is 10.0. The fraction of sp³-hybridized carbons (Fsp3) is 0.462. The van der Waals surface area contributed by atoms with E-state index in [2.05, 4.69) is 12.2 Å². The topological polar surface area (TPSA) is 86.8 Å². The molecule has 1 fully saturated rings. The van der Waals surface area contributed by atoms with E-state index in [0.29, 0.717) is 30.4 Å². The van der Waals surface area contributed by atoms with E-state index in [0.717, 1.165) is 28.9 Å². The van der Waals surface area contributed by atoms with Gasteiger partial charge < -0.3 is 10.2 Å². The van der Waals surface area contributed by atoms with Crippen LogP contribution in [0.4, 0.5) is 11.4 Å². The van der Waals surface area contributed by atoms with E-state index in [1.165, 1.54) is 21.0 Å². The Balaban J connectivity index is 1.64. The highest BCUT2D eigenvalue weighted by molar-refractivity contribution is 8.00. The van der Waals surface area contributed by atoms with Crippen molar-refractivity contribution in [3.05, 3.63) is 47.5 Å². The lowest BCUT2D eigenvalue weighted by Gasteiger charge is -2.30. The summed E-state index contributed by atoms with van der Waals surface area (Å²) in [5.41, 5.74) is 3.21. The molecular formula is C26H33N3O4S2. The summed E-state index contributed by atoms with van der Waals surface area (Å²) in [6, 6.07) is 10.6. The molecule has 0 bridgehead atoms. The first kappa shape index (κ1) is 25.7. The molecule has 2 aliphatic heterocycles. The predicted octanol–water partition coefficient (Wildman–Crippen LogP) is 4.58. The van der Waals surface area contributed by atoms with E-state index in [1.54, 1.807) is 18.2 Å². The second kappa shape index (κ2) is 10.3. The van der Waals surface area contributed by atoms with Gasteiger partial charge in [-0.2, -0.15) is 4.31 Å². The third-order valence-electron chi connectivity index (χ3n) is 6.87. The van der Waals surface area contributed by atoms with Crippen LogP contribution in [0.15, 0.2) is 46.2 Å². The van der Waals surface area contributed by atoms with Gasteiger partial charge in [-0.3, -0.25) is 9.59 Å². The van der Waals surface area contributed by atoms with Crippen LogP contribution in [0, 0.1) is 19.8 Å². The van der Waals surface area contributed by atoms with Crippen molar-refractivity contribution in [3.8, 4) is 0 Å². The average Bonchev–Trinajstić information content (AvgIpc) is 2.92. The molecule has 188 valence electrons. The van der Waals surface area contributed by atoms with Gasteiger partial charge in [0.15, 0.2) is 0 Å². The van der Waals surface area contributed by atoms with Crippen molar-refractivity contribution in [2.45, 2.75) is 62.0 Å². The number of fused-ring (bicyclic) bond motifs is 1. The van der Waals surface area contributed by atoms with Crippen LogP contribution in [0.25, 0.3) is 0 Å². The van der Waals surface area contributed by atoms with Gasteiger partial charge in [-0.15, -0.1) is 11.8 Å². The number of hydrogen-bond acceptors (Lipinski definition) is 5. The van der Waals surface area contributed by atoms with Crippen LogP contribution in [-0.2, 0) is 19.6 Å². The molecule has 2 aliphatic rings. The smallest absolute Gasteiger partial charge is 0.244 e. The van der Waals surface area contributed by atoms with Crippen LogP contribution < -0.4 is 10.2 Å². The Bertz CT molecular complexity index is 1240. The second-order valence-electron chi connectivity index (χ2n) is 9.62. The van der Waals surface area contributed by atoms with Crippen LogP contribution in [0.3, 0.4) is 0 Å². The number of piperidine rings is 1. The summed E-state index contributed by atoms with van der Waals surface area (Å²) in [4.78, 5) is 28.6. The SMILES string of the molecule is Cc1cccc(NC(=O)CN2C(=O)C[C@@H](C)Sc3ccc(S(=O)(=O)N4CCC(C)CC4)cc32)c1C. The molecule has 35 heavy (non-hydrogen) atoms. The zero-order valence-corrected chi connectivity index (χ0v) is 22.3. The first-order valence-electron chi connectivity index (χ1n) is 12.0. The maximum Gasteiger partial charge on any atom is 0.244 e. The molecule has 7 nitrogen and oxygen atoms in total. The standard InChI is InChI=1S/C26H33N3O4S2/c1-17-10-12-28(13-11-17)35(32,33)21-8-9-24-23(15-21)29(26(31)14-19(3)34-24)16-25(30)27-22-7-5-6-18(2)20(22)4/h5-9,15,17,19H,10-14,16H2,1-4H3,(H,27,30)/t19-/m1/s1. The fourth-order valence-electron chi connectivity index (χ4n) is 4.48. The molecule has 0 unspecified atom stereocenters. The van der Waals surface area contributed by atoms with Crippen LogP contribution in [0.5, 0.6) is 0 Å². The Hall–Kier alpha value is -2.36. The normalized spacial score (nSPS) is 19.8. The Morgan fingerprint density at radius 3 is 2.54 bits per heavy atom. The van der Waals surface area contributed by atoms with Crippen molar-refractivity contribution in [2.24, 2.45) is 5.92 Å². The largest absolute Gasteiger partial charge is 0.324 e. The van der Waals surface area contributed by atoms with E-state index in [-0.39, 0.29) is 34.9 Å². The molecule has 1 saturated heterocycles. The van der Waals surface area contributed by atoms with Gasteiger partial charge in [0.1, 0.15) is 6.54 Å². The summed E-state index contributed by atoms with van der Waals surface area (Å²) in [6.45, 7) is 8.82. The Morgan fingerprint density at radius 1 is 1.11 bits per heavy atom. The summed E-state index contributed by atoms with van der Waals surface area (Å²) in [5.74, 6) is -0.00733. The van der Waals surface area contributed by atoms with Crippen molar-refractivity contribution < 1.29 is 18.0 Å². The highest BCUT2D eigenvalue weighted by Gasteiger charge is 2.32. The Morgan fingerprint density at radius 2 is 1.83 bits per heavy atom. The predicted molar refractivity (Wildman–Crippen MR) is 140 cm³/mol. The lowest BCUT2D eigenvalue weighted by Crippen LogP contribution is -2.39. The van der Waals surface area contributed by atoms with Crippen molar-refractivity contribution >= 4 is 45.0 Å².